The lowest BCUT2D eigenvalue weighted by Gasteiger charge is -2.29. The maximum absolute atomic E-state index is 6.14. The Balaban J connectivity index is 0.00000117. The molecule has 0 bridgehead atoms. The zero-order valence-electron chi connectivity index (χ0n) is 17.6. The fraction of sp³-hybridized carbons (Fsp3) is 0.391. The molecule has 3 heterocycles. The molecule has 0 unspecified atom stereocenters. The Morgan fingerprint density at radius 2 is 1.83 bits per heavy atom. The van der Waals surface area contributed by atoms with Crippen LogP contribution in [0.3, 0.4) is 0 Å². The highest BCUT2D eigenvalue weighted by atomic mass is 16.5. The van der Waals surface area contributed by atoms with E-state index in [2.05, 4.69) is 39.4 Å². The molecule has 4 rings (SSSR count). The van der Waals surface area contributed by atoms with Gasteiger partial charge >= 0.3 is 0 Å². The molecule has 6 heteroatoms. The molecule has 0 aliphatic carbocycles. The molecule has 3 N–H and O–H groups in total. The number of anilines is 2. The van der Waals surface area contributed by atoms with Crippen molar-refractivity contribution in [3.05, 3.63) is 54.4 Å². The minimum Gasteiger partial charge on any atom is -0.490 e. The number of nitrogen functional groups attached to an aromatic ring is 1. The summed E-state index contributed by atoms with van der Waals surface area (Å²) in [7, 11) is 2.16. The van der Waals surface area contributed by atoms with Gasteiger partial charge in [0.25, 0.3) is 0 Å². The summed E-state index contributed by atoms with van der Waals surface area (Å²) in [5.41, 5.74) is 7.08. The van der Waals surface area contributed by atoms with E-state index in [0.29, 0.717) is 12.4 Å². The Hall–Kier alpha value is -2.86. The van der Waals surface area contributed by atoms with Crippen molar-refractivity contribution in [3.8, 4) is 5.75 Å². The maximum Gasteiger partial charge on any atom is 0.131 e. The third-order valence-corrected chi connectivity index (χ3v) is 5.03. The minimum atomic E-state index is 0.288. The van der Waals surface area contributed by atoms with Gasteiger partial charge in [0.05, 0.1) is 0 Å². The summed E-state index contributed by atoms with van der Waals surface area (Å²) in [5.74, 6) is 2.25. The number of aromatic nitrogens is 2. The van der Waals surface area contributed by atoms with E-state index in [4.69, 9.17) is 10.5 Å². The Morgan fingerprint density at radius 3 is 2.62 bits per heavy atom. The second-order valence-corrected chi connectivity index (χ2v) is 7.10. The number of ether oxygens (including phenoxy) is 1. The molecule has 0 saturated carbocycles. The van der Waals surface area contributed by atoms with Gasteiger partial charge in [-0.25, -0.2) is 9.97 Å². The van der Waals surface area contributed by atoms with Gasteiger partial charge in [0, 0.05) is 43.5 Å². The molecule has 6 nitrogen and oxygen atoms in total. The van der Waals surface area contributed by atoms with Crippen LogP contribution in [-0.2, 0) is 6.54 Å². The van der Waals surface area contributed by atoms with Crippen LogP contribution in [0, 0.1) is 0 Å². The summed E-state index contributed by atoms with van der Waals surface area (Å²) in [4.78, 5) is 10.9. The number of hydrogen-bond acceptors (Lipinski definition) is 6. The van der Waals surface area contributed by atoms with Gasteiger partial charge in [-0.3, -0.25) is 0 Å². The molecule has 1 aromatic carbocycles. The molecule has 1 fully saturated rings. The number of piperidine rings is 1. The normalized spacial score (nSPS) is 14.9. The van der Waals surface area contributed by atoms with E-state index < -0.39 is 0 Å². The lowest BCUT2D eigenvalue weighted by molar-refractivity contribution is 0.114. The number of nitrogens with two attached hydrogens (primary N) is 1. The number of benzene rings is 1. The highest BCUT2D eigenvalue weighted by Gasteiger charge is 2.18. The van der Waals surface area contributed by atoms with Crippen molar-refractivity contribution in [3.63, 3.8) is 0 Å². The quantitative estimate of drug-likeness (QED) is 0.672. The molecule has 0 radical (unpaired) electrons. The van der Waals surface area contributed by atoms with Gasteiger partial charge in [-0.1, -0.05) is 26.0 Å². The van der Waals surface area contributed by atoms with Crippen molar-refractivity contribution in [2.24, 2.45) is 0 Å². The summed E-state index contributed by atoms with van der Waals surface area (Å²) >= 11 is 0. The average molecular weight is 394 g/mol. The van der Waals surface area contributed by atoms with E-state index in [1.807, 2.05) is 38.1 Å². The molecule has 0 atom stereocenters. The van der Waals surface area contributed by atoms with Crippen molar-refractivity contribution in [2.75, 3.05) is 31.2 Å². The van der Waals surface area contributed by atoms with Gasteiger partial charge in [0.2, 0.25) is 0 Å². The smallest absolute Gasteiger partial charge is 0.131 e. The number of pyridine rings is 2. The standard InChI is InChI=1S/C21H25N5O.C2H6/c1-26-10-6-17(7-11-26)27-18-5-9-23-20(13-18)25-14-15-2-3-19-16(12-15)4-8-24-21(19)22;1-2/h2-5,8-9,12-13,17H,6-7,10-11,14H2,1H3,(H2,22,24)(H,23,25);1-2H3. The van der Waals surface area contributed by atoms with Gasteiger partial charge < -0.3 is 20.7 Å². The molecule has 154 valence electrons. The predicted molar refractivity (Wildman–Crippen MR) is 120 cm³/mol. The first-order valence-corrected chi connectivity index (χ1v) is 10.4. The Kier molecular flexibility index (Phi) is 7.25. The van der Waals surface area contributed by atoms with Gasteiger partial charge in [0.1, 0.15) is 23.5 Å². The summed E-state index contributed by atoms with van der Waals surface area (Å²) in [6.07, 6.45) is 5.95. The van der Waals surface area contributed by atoms with Crippen LogP contribution in [0.2, 0.25) is 0 Å². The van der Waals surface area contributed by atoms with Crippen molar-refractivity contribution < 1.29 is 4.74 Å². The molecule has 0 amide bonds. The SMILES string of the molecule is CC.CN1CCC(Oc2ccnc(NCc3ccc4c(N)nccc4c3)c2)CC1. The molecule has 1 aliphatic heterocycles. The van der Waals surface area contributed by atoms with Crippen LogP contribution in [0.4, 0.5) is 11.6 Å². The second-order valence-electron chi connectivity index (χ2n) is 7.10. The van der Waals surface area contributed by atoms with Crippen molar-refractivity contribution in [1.29, 1.82) is 0 Å². The fourth-order valence-electron chi connectivity index (χ4n) is 3.43. The molecule has 1 aliphatic rings. The van der Waals surface area contributed by atoms with E-state index in [1.165, 1.54) is 0 Å². The van der Waals surface area contributed by atoms with Crippen LogP contribution in [0.1, 0.15) is 32.3 Å². The van der Waals surface area contributed by atoms with E-state index in [0.717, 1.165) is 53.8 Å². The fourth-order valence-corrected chi connectivity index (χ4v) is 3.43. The number of nitrogens with one attached hydrogen (secondary N) is 1. The summed E-state index contributed by atoms with van der Waals surface area (Å²) in [6.45, 7) is 6.86. The van der Waals surface area contributed by atoms with Gasteiger partial charge in [-0.05, 0) is 49.0 Å². The lowest BCUT2D eigenvalue weighted by atomic mass is 10.1. The number of nitrogens with zero attached hydrogens (tertiary/aromatic N) is 3. The summed E-state index contributed by atoms with van der Waals surface area (Å²) in [6, 6.07) is 12.1. The highest BCUT2D eigenvalue weighted by molar-refractivity contribution is 5.91. The van der Waals surface area contributed by atoms with E-state index in [9.17, 15) is 0 Å². The van der Waals surface area contributed by atoms with Crippen LogP contribution in [-0.4, -0.2) is 41.1 Å². The minimum absolute atomic E-state index is 0.288. The Labute approximate surface area is 173 Å². The number of fused-ring (bicyclic) bond motifs is 1. The predicted octanol–water partition coefficient (Wildman–Crippen LogP) is 4.32. The highest BCUT2D eigenvalue weighted by Crippen LogP contribution is 2.22. The van der Waals surface area contributed by atoms with Crippen LogP contribution < -0.4 is 15.8 Å². The van der Waals surface area contributed by atoms with Crippen LogP contribution in [0.5, 0.6) is 5.75 Å². The molecule has 29 heavy (non-hydrogen) atoms. The van der Waals surface area contributed by atoms with Crippen LogP contribution >= 0.6 is 0 Å². The number of rotatable bonds is 5. The van der Waals surface area contributed by atoms with E-state index in [1.54, 1.807) is 12.4 Å². The van der Waals surface area contributed by atoms with Crippen molar-refractivity contribution >= 4 is 22.4 Å². The maximum atomic E-state index is 6.14. The first-order valence-electron chi connectivity index (χ1n) is 10.4. The van der Waals surface area contributed by atoms with E-state index in [-0.39, 0.29) is 6.10 Å². The number of hydrogen-bond donors (Lipinski definition) is 2. The van der Waals surface area contributed by atoms with Gasteiger partial charge in [-0.15, -0.1) is 0 Å². The molecule has 1 saturated heterocycles. The molecule has 2 aromatic heterocycles. The third kappa shape index (κ3) is 5.57. The Morgan fingerprint density at radius 1 is 1.07 bits per heavy atom. The zero-order chi connectivity index (χ0) is 20.6. The number of likely N-dealkylation sites (tertiary alicyclic amines) is 1. The lowest BCUT2D eigenvalue weighted by Crippen LogP contribution is -2.35. The topological polar surface area (TPSA) is 76.3 Å². The average Bonchev–Trinajstić information content (AvgIpc) is 2.76. The van der Waals surface area contributed by atoms with Crippen molar-refractivity contribution in [2.45, 2.75) is 39.3 Å². The molecule has 3 aromatic rings. The molecule has 0 spiro atoms. The van der Waals surface area contributed by atoms with E-state index >= 15 is 0 Å². The van der Waals surface area contributed by atoms with Crippen molar-refractivity contribution in [1.82, 2.24) is 14.9 Å². The summed E-state index contributed by atoms with van der Waals surface area (Å²) in [5, 5.41) is 5.45. The second kappa shape index (κ2) is 10.1. The monoisotopic (exact) mass is 393 g/mol. The third-order valence-electron chi connectivity index (χ3n) is 5.03. The van der Waals surface area contributed by atoms with Gasteiger partial charge in [0.15, 0.2) is 0 Å². The van der Waals surface area contributed by atoms with Crippen LogP contribution in [0.15, 0.2) is 48.8 Å². The first kappa shape index (κ1) is 20.9. The largest absolute Gasteiger partial charge is 0.490 e. The Bertz CT molecular complexity index is 922. The molecular weight excluding hydrogens is 362 g/mol. The van der Waals surface area contributed by atoms with Gasteiger partial charge in [-0.2, -0.15) is 0 Å². The summed E-state index contributed by atoms with van der Waals surface area (Å²) < 4.78 is 6.14. The molecular formula is C23H31N5O. The first-order chi connectivity index (χ1) is 14.2. The zero-order valence-corrected chi connectivity index (χ0v) is 17.6. The van der Waals surface area contributed by atoms with Crippen LogP contribution in [0.25, 0.3) is 10.8 Å².